The molecule has 0 saturated carbocycles. The summed E-state index contributed by atoms with van der Waals surface area (Å²) in [5.41, 5.74) is 3.29. The standard InChI is InChI=1S/C25H24ClN3O2S2/c1-3-4-8-13-28-24(30)22(33-25(28)32)15-18-16-29(19-9-6-5-7-10-19)27-23(18)17-11-12-21(31-2)20(26)14-17/h5-7,9-12,14-16H,3-4,8,13H2,1-2H3/b22-15-. The minimum atomic E-state index is -0.0488. The molecule has 8 heteroatoms. The van der Waals surface area contributed by atoms with Crippen LogP contribution >= 0.6 is 35.6 Å². The number of hydrogen-bond acceptors (Lipinski definition) is 5. The number of ether oxygens (including phenoxy) is 1. The summed E-state index contributed by atoms with van der Waals surface area (Å²) >= 11 is 13.2. The maximum absolute atomic E-state index is 13.1. The third-order valence-corrected chi connectivity index (χ3v) is 7.01. The van der Waals surface area contributed by atoms with E-state index < -0.39 is 0 Å². The predicted octanol–water partition coefficient (Wildman–Crippen LogP) is 6.59. The maximum atomic E-state index is 13.1. The van der Waals surface area contributed by atoms with E-state index in [1.807, 2.05) is 60.8 Å². The van der Waals surface area contributed by atoms with Gasteiger partial charge in [0.1, 0.15) is 15.8 Å². The van der Waals surface area contributed by atoms with Gasteiger partial charge < -0.3 is 4.74 Å². The molecule has 0 unspecified atom stereocenters. The summed E-state index contributed by atoms with van der Waals surface area (Å²) in [5, 5.41) is 5.32. The SMILES string of the molecule is CCCCCN1C(=O)/C(=C/c2cn(-c3ccccc3)nc2-c2ccc(OC)c(Cl)c2)SC1=S. The summed E-state index contributed by atoms with van der Waals surface area (Å²) < 4.78 is 7.70. The minimum absolute atomic E-state index is 0.0488. The lowest BCUT2D eigenvalue weighted by Gasteiger charge is -2.13. The average Bonchev–Trinajstić information content (AvgIpc) is 3.36. The molecule has 1 aliphatic rings. The quantitative estimate of drug-likeness (QED) is 0.199. The third-order valence-electron chi connectivity index (χ3n) is 5.33. The number of thioether (sulfide) groups is 1. The number of nitrogens with zero attached hydrogens (tertiary/aromatic N) is 3. The van der Waals surface area contributed by atoms with Crippen molar-refractivity contribution in [1.29, 1.82) is 0 Å². The number of hydrogen-bond donors (Lipinski definition) is 0. The van der Waals surface area contributed by atoms with E-state index in [1.54, 1.807) is 16.7 Å². The maximum Gasteiger partial charge on any atom is 0.266 e. The topological polar surface area (TPSA) is 47.4 Å². The van der Waals surface area contributed by atoms with Gasteiger partial charge in [0, 0.05) is 23.9 Å². The Bertz CT molecular complexity index is 1210. The van der Waals surface area contributed by atoms with Crippen molar-refractivity contribution in [3.63, 3.8) is 0 Å². The van der Waals surface area contributed by atoms with Crippen LogP contribution < -0.4 is 4.74 Å². The van der Waals surface area contributed by atoms with Crippen LogP contribution in [-0.4, -0.2) is 38.6 Å². The second-order valence-electron chi connectivity index (χ2n) is 7.60. The van der Waals surface area contributed by atoms with Crippen molar-refractivity contribution < 1.29 is 9.53 Å². The molecule has 0 radical (unpaired) electrons. The smallest absolute Gasteiger partial charge is 0.266 e. The van der Waals surface area contributed by atoms with Crippen LogP contribution in [0.3, 0.4) is 0 Å². The molecule has 1 saturated heterocycles. The van der Waals surface area contributed by atoms with Gasteiger partial charge in [0.25, 0.3) is 5.91 Å². The number of methoxy groups -OCH3 is 1. The summed E-state index contributed by atoms with van der Waals surface area (Å²) in [5.74, 6) is 0.546. The molecule has 1 aliphatic heterocycles. The molecule has 170 valence electrons. The third kappa shape index (κ3) is 5.16. The van der Waals surface area contributed by atoms with Crippen LogP contribution in [-0.2, 0) is 4.79 Å². The first kappa shape index (κ1) is 23.5. The number of carbonyl (C=O) groups excluding carboxylic acids is 1. The monoisotopic (exact) mass is 497 g/mol. The van der Waals surface area contributed by atoms with E-state index in [-0.39, 0.29) is 5.91 Å². The molecule has 2 aromatic carbocycles. The Morgan fingerprint density at radius 2 is 1.97 bits per heavy atom. The first-order chi connectivity index (χ1) is 16.0. The van der Waals surface area contributed by atoms with Crippen LogP contribution in [0.15, 0.2) is 59.6 Å². The molecule has 1 fully saturated rings. The Morgan fingerprint density at radius 1 is 1.18 bits per heavy atom. The van der Waals surface area contributed by atoms with Gasteiger partial charge in [0.05, 0.1) is 22.7 Å². The average molecular weight is 498 g/mol. The fourth-order valence-corrected chi connectivity index (χ4v) is 5.16. The highest BCUT2D eigenvalue weighted by molar-refractivity contribution is 8.26. The molecule has 3 aromatic rings. The van der Waals surface area contributed by atoms with E-state index >= 15 is 0 Å². The molecule has 0 N–H and O–H groups in total. The number of benzene rings is 2. The van der Waals surface area contributed by atoms with E-state index in [1.165, 1.54) is 11.8 Å². The van der Waals surface area contributed by atoms with Crippen LogP contribution in [0.1, 0.15) is 31.7 Å². The van der Waals surface area contributed by atoms with Gasteiger partial charge in [-0.05, 0) is 42.8 Å². The summed E-state index contributed by atoms with van der Waals surface area (Å²) in [6, 6.07) is 15.4. The summed E-state index contributed by atoms with van der Waals surface area (Å²) in [6.07, 6.45) is 6.91. The van der Waals surface area contributed by atoms with Gasteiger partial charge in [0.2, 0.25) is 0 Å². The van der Waals surface area contributed by atoms with Crippen molar-refractivity contribution in [3.05, 3.63) is 70.2 Å². The lowest BCUT2D eigenvalue weighted by Crippen LogP contribution is -2.28. The van der Waals surface area contributed by atoms with Gasteiger partial charge in [-0.3, -0.25) is 9.69 Å². The molecular weight excluding hydrogens is 474 g/mol. The van der Waals surface area contributed by atoms with Gasteiger partial charge in [-0.25, -0.2) is 4.68 Å². The summed E-state index contributed by atoms with van der Waals surface area (Å²) in [7, 11) is 1.58. The van der Waals surface area contributed by atoms with Gasteiger partial charge >= 0.3 is 0 Å². The van der Waals surface area contributed by atoms with Crippen molar-refractivity contribution in [2.75, 3.05) is 13.7 Å². The van der Waals surface area contributed by atoms with E-state index in [2.05, 4.69) is 6.92 Å². The highest BCUT2D eigenvalue weighted by atomic mass is 35.5. The molecule has 1 aromatic heterocycles. The summed E-state index contributed by atoms with van der Waals surface area (Å²) in [6.45, 7) is 2.79. The highest BCUT2D eigenvalue weighted by Gasteiger charge is 2.32. The first-order valence-electron chi connectivity index (χ1n) is 10.8. The Balaban J connectivity index is 1.74. The van der Waals surface area contributed by atoms with Crippen LogP contribution in [0.4, 0.5) is 0 Å². The van der Waals surface area contributed by atoms with E-state index in [0.717, 1.165) is 41.8 Å². The lowest BCUT2D eigenvalue weighted by molar-refractivity contribution is -0.122. The number of aromatic nitrogens is 2. The van der Waals surface area contributed by atoms with Gasteiger partial charge in [-0.2, -0.15) is 5.10 Å². The van der Waals surface area contributed by atoms with E-state index in [9.17, 15) is 4.79 Å². The number of rotatable bonds is 8. The van der Waals surface area contributed by atoms with Crippen LogP contribution in [0, 0.1) is 0 Å². The van der Waals surface area contributed by atoms with Crippen molar-refractivity contribution in [2.45, 2.75) is 26.2 Å². The zero-order valence-corrected chi connectivity index (χ0v) is 20.8. The number of amides is 1. The number of unbranched alkanes of at least 4 members (excludes halogenated alkanes) is 2. The number of para-hydroxylation sites is 1. The minimum Gasteiger partial charge on any atom is -0.495 e. The van der Waals surface area contributed by atoms with Gasteiger partial charge in [-0.15, -0.1) is 0 Å². The van der Waals surface area contributed by atoms with Crippen LogP contribution in [0.5, 0.6) is 5.75 Å². The van der Waals surface area contributed by atoms with Gasteiger partial charge in [0.15, 0.2) is 0 Å². The van der Waals surface area contributed by atoms with E-state index in [0.29, 0.717) is 26.5 Å². The molecule has 0 aliphatic carbocycles. The normalized spacial score (nSPS) is 15.0. The lowest BCUT2D eigenvalue weighted by atomic mass is 10.1. The van der Waals surface area contributed by atoms with Crippen molar-refractivity contribution in [3.8, 4) is 22.7 Å². The molecule has 0 atom stereocenters. The van der Waals surface area contributed by atoms with Crippen molar-refractivity contribution >= 4 is 51.9 Å². The highest BCUT2D eigenvalue weighted by Crippen LogP contribution is 2.36. The van der Waals surface area contributed by atoms with Crippen molar-refractivity contribution in [2.24, 2.45) is 0 Å². The Kier molecular flexibility index (Phi) is 7.53. The fourth-order valence-electron chi connectivity index (χ4n) is 3.60. The molecule has 1 amide bonds. The molecule has 5 nitrogen and oxygen atoms in total. The largest absolute Gasteiger partial charge is 0.495 e. The Hall–Kier alpha value is -2.61. The molecule has 4 rings (SSSR count). The van der Waals surface area contributed by atoms with E-state index in [4.69, 9.17) is 33.7 Å². The van der Waals surface area contributed by atoms with Crippen molar-refractivity contribution in [1.82, 2.24) is 14.7 Å². The zero-order chi connectivity index (χ0) is 23.4. The number of halogens is 1. The summed E-state index contributed by atoms with van der Waals surface area (Å²) in [4.78, 5) is 15.4. The molecule has 0 bridgehead atoms. The van der Waals surface area contributed by atoms with Crippen LogP contribution in [0.2, 0.25) is 5.02 Å². The molecule has 33 heavy (non-hydrogen) atoms. The Labute approximate surface area is 208 Å². The molecule has 0 spiro atoms. The number of carbonyl (C=O) groups is 1. The predicted molar refractivity (Wildman–Crippen MR) is 140 cm³/mol. The number of thiocarbonyl (C=S) groups is 1. The molecular formula is C25H24ClN3O2S2. The fraction of sp³-hybridized carbons (Fsp3) is 0.240. The Morgan fingerprint density at radius 3 is 2.67 bits per heavy atom. The van der Waals surface area contributed by atoms with Crippen LogP contribution in [0.25, 0.3) is 23.0 Å². The van der Waals surface area contributed by atoms with Gasteiger partial charge in [-0.1, -0.05) is 73.5 Å². The second kappa shape index (κ2) is 10.5. The first-order valence-corrected chi connectivity index (χ1v) is 12.4. The zero-order valence-electron chi connectivity index (χ0n) is 18.5. The second-order valence-corrected chi connectivity index (χ2v) is 9.69. The molecule has 2 heterocycles.